The second-order valence-electron chi connectivity index (χ2n) is 4.57. The number of hydrogen-bond donors (Lipinski definition) is 1. The standard InChI is InChI=1S/C12H20N4O2/c1-3-16(10-4-5-10)12(17)8-13-7-6-11-14-9(2)15-18-11/h10,13H,3-8H2,1-2H3. The Balaban J connectivity index is 1.64. The lowest BCUT2D eigenvalue weighted by atomic mass is 10.4. The van der Waals surface area contributed by atoms with Crippen LogP contribution in [0.2, 0.25) is 0 Å². The van der Waals surface area contributed by atoms with Gasteiger partial charge in [-0.15, -0.1) is 0 Å². The molecule has 1 heterocycles. The van der Waals surface area contributed by atoms with Gasteiger partial charge in [0.05, 0.1) is 6.54 Å². The normalized spacial score (nSPS) is 14.8. The number of hydrogen-bond acceptors (Lipinski definition) is 5. The molecule has 0 unspecified atom stereocenters. The van der Waals surface area contributed by atoms with Crippen LogP contribution in [-0.4, -0.2) is 46.6 Å². The van der Waals surface area contributed by atoms with E-state index < -0.39 is 0 Å². The van der Waals surface area contributed by atoms with Gasteiger partial charge in [0.15, 0.2) is 5.82 Å². The van der Waals surface area contributed by atoms with Gasteiger partial charge in [-0.1, -0.05) is 5.16 Å². The molecule has 6 nitrogen and oxygen atoms in total. The second kappa shape index (κ2) is 5.95. The predicted octanol–water partition coefficient (Wildman–Crippen LogP) is 0.521. The van der Waals surface area contributed by atoms with Gasteiger partial charge in [0, 0.05) is 25.6 Å². The Morgan fingerprint density at radius 3 is 2.89 bits per heavy atom. The zero-order valence-electron chi connectivity index (χ0n) is 11.0. The van der Waals surface area contributed by atoms with Crippen LogP contribution in [0.15, 0.2) is 4.52 Å². The fourth-order valence-electron chi connectivity index (χ4n) is 1.96. The molecule has 2 rings (SSSR count). The van der Waals surface area contributed by atoms with E-state index in [1.807, 2.05) is 11.8 Å². The first-order chi connectivity index (χ1) is 8.70. The summed E-state index contributed by atoms with van der Waals surface area (Å²) in [6.07, 6.45) is 2.96. The predicted molar refractivity (Wildman–Crippen MR) is 66.0 cm³/mol. The van der Waals surface area contributed by atoms with Crippen molar-refractivity contribution < 1.29 is 9.32 Å². The average molecular weight is 252 g/mol. The van der Waals surface area contributed by atoms with Crippen molar-refractivity contribution in [3.63, 3.8) is 0 Å². The van der Waals surface area contributed by atoms with Crippen LogP contribution in [0, 0.1) is 6.92 Å². The SMILES string of the molecule is CCN(C(=O)CNCCc1nc(C)no1)C1CC1. The Morgan fingerprint density at radius 2 is 2.33 bits per heavy atom. The minimum atomic E-state index is 0.182. The molecule has 0 saturated heterocycles. The Morgan fingerprint density at radius 1 is 1.56 bits per heavy atom. The number of nitrogens with zero attached hydrogens (tertiary/aromatic N) is 3. The lowest BCUT2D eigenvalue weighted by molar-refractivity contribution is -0.130. The van der Waals surface area contributed by atoms with E-state index in [-0.39, 0.29) is 5.91 Å². The van der Waals surface area contributed by atoms with Gasteiger partial charge in [-0.3, -0.25) is 4.79 Å². The van der Waals surface area contributed by atoms with Crippen molar-refractivity contribution in [2.75, 3.05) is 19.6 Å². The number of carbonyl (C=O) groups is 1. The lowest BCUT2D eigenvalue weighted by Crippen LogP contribution is -2.39. The van der Waals surface area contributed by atoms with Crippen molar-refractivity contribution in [2.24, 2.45) is 0 Å². The monoisotopic (exact) mass is 252 g/mol. The maximum Gasteiger partial charge on any atom is 0.236 e. The Hall–Kier alpha value is -1.43. The van der Waals surface area contributed by atoms with Crippen molar-refractivity contribution in [1.29, 1.82) is 0 Å². The highest BCUT2D eigenvalue weighted by Crippen LogP contribution is 2.26. The molecule has 1 saturated carbocycles. The third kappa shape index (κ3) is 3.53. The molecular weight excluding hydrogens is 232 g/mol. The summed E-state index contributed by atoms with van der Waals surface area (Å²) in [5.41, 5.74) is 0. The first-order valence-corrected chi connectivity index (χ1v) is 6.50. The lowest BCUT2D eigenvalue weighted by Gasteiger charge is -2.20. The Bertz CT molecular complexity index is 401. The highest BCUT2D eigenvalue weighted by Gasteiger charge is 2.30. The molecule has 1 aliphatic rings. The summed E-state index contributed by atoms with van der Waals surface area (Å²) in [7, 11) is 0. The molecule has 1 aromatic rings. The van der Waals surface area contributed by atoms with Crippen LogP contribution in [0.25, 0.3) is 0 Å². The third-order valence-corrected chi connectivity index (χ3v) is 3.01. The molecule has 1 amide bonds. The van der Waals surface area contributed by atoms with Gasteiger partial charge in [0.1, 0.15) is 0 Å². The molecule has 100 valence electrons. The van der Waals surface area contributed by atoms with E-state index >= 15 is 0 Å². The molecule has 0 aromatic carbocycles. The van der Waals surface area contributed by atoms with Crippen molar-refractivity contribution in [3.05, 3.63) is 11.7 Å². The smallest absolute Gasteiger partial charge is 0.236 e. The quantitative estimate of drug-likeness (QED) is 0.716. The average Bonchev–Trinajstić information content (AvgIpc) is 3.09. The van der Waals surface area contributed by atoms with Gasteiger partial charge in [-0.25, -0.2) is 0 Å². The topological polar surface area (TPSA) is 71.3 Å². The number of carbonyl (C=O) groups excluding carboxylic acids is 1. The second-order valence-corrected chi connectivity index (χ2v) is 4.57. The largest absolute Gasteiger partial charge is 0.339 e. The minimum absolute atomic E-state index is 0.182. The summed E-state index contributed by atoms with van der Waals surface area (Å²) in [5, 5.41) is 6.84. The Kier molecular flexibility index (Phi) is 4.30. The summed E-state index contributed by atoms with van der Waals surface area (Å²) >= 11 is 0. The zero-order valence-corrected chi connectivity index (χ0v) is 11.0. The number of aryl methyl sites for hydroxylation is 1. The number of amides is 1. The Labute approximate surface area is 107 Å². The van der Waals surface area contributed by atoms with E-state index in [4.69, 9.17) is 4.52 Å². The van der Waals surface area contributed by atoms with Crippen LogP contribution < -0.4 is 5.32 Å². The maximum absolute atomic E-state index is 11.9. The molecule has 1 aliphatic carbocycles. The fourth-order valence-corrected chi connectivity index (χ4v) is 1.96. The molecule has 1 N–H and O–H groups in total. The molecule has 0 bridgehead atoms. The highest BCUT2D eigenvalue weighted by molar-refractivity contribution is 5.78. The summed E-state index contributed by atoms with van der Waals surface area (Å²) in [6.45, 7) is 5.68. The minimum Gasteiger partial charge on any atom is -0.339 e. The number of nitrogens with one attached hydrogen (secondary N) is 1. The maximum atomic E-state index is 11.9. The first kappa shape index (κ1) is 13.0. The van der Waals surface area contributed by atoms with Crippen molar-refractivity contribution >= 4 is 5.91 Å². The molecule has 18 heavy (non-hydrogen) atoms. The molecule has 0 radical (unpaired) electrons. The van der Waals surface area contributed by atoms with E-state index in [1.54, 1.807) is 6.92 Å². The van der Waals surface area contributed by atoms with Crippen LogP contribution in [0.3, 0.4) is 0 Å². The van der Waals surface area contributed by atoms with Crippen LogP contribution in [0.5, 0.6) is 0 Å². The van der Waals surface area contributed by atoms with Gasteiger partial charge in [0.25, 0.3) is 0 Å². The van der Waals surface area contributed by atoms with Crippen LogP contribution in [-0.2, 0) is 11.2 Å². The summed E-state index contributed by atoms with van der Waals surface area (Å²) < 4.78 is 4.99. The third-order valence-electron chi connectivity index (χ3n) is 3.01. The van der Waals surface area contributed by atoms with E-state index in [9.17, 15) is 4.79 Å². The molecule has 1 aromatic heterocycles. The highest BCUT2D eigenvalue weighted by atomic mass is 16.5. The number of likely N-dealkylation sites (N-methyl/N-ethyl adjacent to an activating group) is 1. The summed E-state index contributed by atoms with van der Waals surface area (Å²) in [6, 6.07) is 0.489. The molecule has 1 fully saturated rings. The zero-order chi connectivity index (χ0) is 13.0. The van der Waals surface area contributed by atoms with Gasteiger partial charge in [0.2, 0.25) is 11.8 Å². The number of aromatic nitrogens is 2. The van der Waals surface area contributed by atoms with E-state index in [0.717, 1.165) is 19.4 Å². The van der Waals surface area contributed by atoms with Crippen molar-refractivity contribution in [3.8, 4) is 0 Å². The van der Waals surface area contributed by atoms with Crippen molar-refractivity contribution in [2.45, 2.75) is 39.2 Å². The van der Waals surface area contributed by atoms with E-state index in [1.165, 1.54) is 0 Å². The van der Waals surface area contributed by atoms with Gasteiger partial charge in [-0.2, -0.15) is 4.98 Å². The number of rotatable bonds is 7. The van der Waals surface area contributed by atoms with Crippen LogP contribution >= 0.6 is 0 Å². The van der Waals surface area contributed by atoms with E-state index in [0.29, 0.717) is 37.3 Å². The molecule has 6 heteroatoms. The van der Waals surface area contributed by atoms with E-state index in [2.05, 4.69) is 15.5 Å². The molecule has 0 spiro atoms. The van der Waals surface area contributed by atoms with Crippen molar-refractivity contribution in [1.82, 2.24) is 20.4 Å². The molecule has 0 aliphatic heterocycles. The molecular formula is C12H20N4O2. The van der Waals surface area contributed by atoms with Crippen LogP contribution in [0.4, 0.5) is 0 Å². The van der Waals surface area contributed by atoms with Gasteiger partial charge >= 0.3 is 0 Å². The van der Waals surface area contributed by atoms with Crippen LogP contribution in [0.1, 0.15) is 31.5 Å². The fraction of sp³-hybridized carbons (Fsp3) is 0.750. The molecule has 0 atom stereocenters. The first-order valence-electron chi connectivity index (χ1n) is 6.50. The van der Waals surface area contributed by atoms with Gasteiger partial charge < -0.3 is 14.7 Å². The summed E-state index contributed by atoms with van der Waals surface area (Å²) in [4.78, 5) is 17.9. The summed E-state index contributed by atoms with van der Waals surface area (Å²) in [5.74, 6) is 1.44. The van der Waals surface area contributed by atoms with Gasteiger partial charge in [-0.05, 0) is 26.7 Å².